The van der Waals surface area contributed by atoms with Gasteiger partial charge in [-0.1, -0.05) is 0 Å². The van der Waals surface area contributed by atoms with Crippen molar-refractivity contribution in [3.63, 3.8) is 0 Å². The van der Waals surface area contributed by atoms with E-state index in [9.17, 15) is 4.79 Å². The van der Waals surface area contributed by atoms with Crippen LogP contribution in [-0.4, -0.2) is 16.6 Å². The molecule has 0 saturated heterocycles. The Morgan fingerprint density at radius 1 is 1.36 bits per heavy atom. The Morgan fingerprint density at radius 2 is 1.93 bits per heavy atom. The molecule has 0 aliphatic rings. The van der Waals surface area contributed by atoms with Gasteiger partial charge in [-0.2, -0.15) is 0 Å². The van der Waals surface area contributed by atoms with Crippen molar-refractivity contribution < 1.29 is 9.53 Å². The summed E-state index contributed by atoms with van der Waals surface area (Å²) < 4.78 is 5.25. The first-order chi connectivity index (χ1) is 6.31. The van der Waals surface area contributed by atoms with Gasteiger partial charge in [0, 0.05) is 6.20 Å². The lowest BCUT2D eigenvalue weighted by molar-refractivity contribution is 0.00628. The Bertz CT molecular complexity index is 345. The van der Waals surface area contributed by atoms with Gasteiger partial charge in [0.05, 0.1) is 0 Å². The van der Waals surface area contributed by atoms with Gasteiger partial charge in [0.15, 0.2) is 0 Å². The molecule has 0 amide bonds. The third kappa shape index (κ3) is 2.37. The summed E-state index contributed by atoms with van der Waals surface area (Å²) in [6.45, 7) is 9.44. The largest absolute Gasteiger partial charge is 0.455 e. The van der Waals surface area contributed by atoms with E-state index in [1.807, 2.05) is 40.8 Å². The highest BCUT2D eigenvalue weighted by Gasteiger charge is 2.20. The topological polar surface area (TPSA) is 42.1 Å². The molecule has 1 aromatic heterocycles. The summed E-state index contributed by atoms with van der Waals surface area (Å²) >= 11 is 0. The van der Waals surface area contributed by atoms with Crippen LogP contribution in [0.25, 0.3) is 0 Å². The molecule has 0 fully saturated rings. The molecule has 14 heavy (non-hydrogen) atoms. The average molecular weight is 195 g/mol. The fourth-order valence-corrected chi connectivity index (χ4v) is 1.14. The maximum absolute atomic E-state index is 11.6. The van der Waals surface area contributed by atoms with Crippen LogP contribution < -0.4 is 0 Å². The Labute approximate surface area is 84.5 Å². The highest BCUT2D eigenvalue weighted by molar-refractivity contribution is 5.89. The minimum Gasteiger partial charge on any atom is -0.455 e. The van der Waals surface area contributed by atoms with Gasteiger partial charge in [0.1, 0.15) is 11.3 Å². The van der Waals surface area contributed by atoms with Gasteiger partial charge < -0.3 is 9.72 Å². The normalized spacial score (nSPS) is 11.5. The van der Waals surface area contributed by atoms with Crippen molar-refractivity contribution in [3.05, 3.63) is 23.0 Å². The highest BCUT2D eigenvalue weighted by atomic mass is 16.6. The Morgan fingerprint density at radius 3 is 2.29 bits per heavy atom. The van der Waals surface area contributed by atoms with Crippen LogP contribution in [0.4, 0.5) is 0 Å². The number of carbonyl (C=O) groups is 1. The molecule has 78 valence electrons. The Kier molecular flexibility index (Phi) is 2.69. The molecule has 1 N–H and O–H groups in total. The fraction of sp³-hybridized carbons (Fsp3) is 0.545. The molecule has 0 bridgehead atoms. The number of rotatable bonds is 1. The van der Waals surface area contributed by atoms with Crippen LogP contribution in [-0.2, 0) is 4.74 Å². The molecule has 0 spiro atoms. The zero-order valence-corrected chi connectivity index (χ0v) is 9.39. The van der Waals surface area contributed by atoms with Gasteiger partial charge in [-0.3, -0.25) is 0 Å². The quantitative estimate of drug-likeness (QED) is 0.700. The average Bonchev–Trinajstić information content (AvgIpc) is 2.29. The predicted molar refractivity (Wildman–Crippen MR) is 55.4 cm³/mol. The number of esters is 1. The summed E-state index contributed by atoms with van der Waals surface area (Å²) in [6, 6.07) is 0. The number of aromatic amines is 1. The van der Waals surface area contributed by atoms with E-state index >= 15 is 0 Å². The zero-order chi connectivity index (χ0) is 10.9. The number of ether oxygens (including phenoxy) is 1. The molecular formula is C11H17NO2. The van der Waals surface area contributed by atoms with Crippen LogP contribution in [0, 0.1) is 13.8 Å². The van der Waals surface area contributed by atoms with Crippen LogP contribution in [0.5, 0.6) is 0 Å². The van der Waals surface area contributed by atoms with Crippen molar-refractivity contribution >= 4 is 5.97 Å². The predicted octanol–water partition coefficient (Wildman–Crippen LogP) is 2.59. The van der Waals surface area contributed by atoms with Crippen molar-refractivity contribution in [2.75, 3.05) is 0 Å². The van der Waals surface area contributed by atoms with Gasteiger partial charge in [0.25, 0.3) is 0 Å². The monoisotopic (exact) mass is 195 g/mol. The summed E-state index contributed by atoms with van der Waals surface area (Å²) in [6.07, 6.45) is 1.81. The van der Waals surface area contributed by atoms with E-state index in [2.05, 4.69) is 4.98 Å². The minimum atomic E-state index is -0.442. The summed E-state index contributed by atoms with van der Waals surface area (Å²) in [5, 5.41) is 0. The Balaban J connectivity index is 2.86. The second kappa shape index (κ2) is 3.48. The maximum atomic E-state index is 11.6. The molecule has 0 aliphatic carbocycles. The minimum absolute atomic E-state index is 0.289. The van der Waals surface area contributed by atoms with Crippen LogP contribution >= 0.6 is 0 Å². The van der Waals surface area contributed by atoms with E-state index in [1.54, 1.807) is 0 Å². The van der Waals surface area contributed by atoms with E-state index in [0.29, 0.717) is 5.69 Å². The van der Waals surface area contributed by atoms with Crippen LogP contribution in [0.15, 0.2) is 6.20 Å². The second-order valence-electron chi connectivity index (χ2n) is 4.47. The van der Waals surface area contributed by atoms with Gasteiger partial charge in [-0.25, -0.2) is 4.79 Å². The van der Waals surface area contributed by atoms with Crippen molar-refractivity contribution in [1.29, 1.82) is 0 Å². The van der Waals surface area contributed by atoms with Crippen molar-refractivity contribution in [2.45, 2.75) is 40.2 Å². The molecular weight excluding hydrogens is 178 g/mol. The molecule has 0 aliphatic heterocycles. The summed E-state index contributed by atoms with van der Waals surface area (Å²) in [7, 11) is 0. The van der Waals surface area contributed by atoms with E-state index in [4.69, 9.17) is 4.74 Å². The van der Waals surface area contributed by atoms with Gasteiger partial charge in [-0.05, 0) is 45.7 Å². The van der Waals surface area contributed by atoms with Gasteiger partial charge in [0.2, 0.25) is 0 Å². The first-order valence-corrected chi connectivity index (χ1v) is 4.69. The zero-order valence-electron chi connectivity index (χ0n) is 9.39. The molecule has 1 heterocycles. The standard InChI is InChI=1S/C11H17NO2/c1-7-6-12-9(8(7)2)10(13)14-11(3,4)5/h6,12H,1-5H3. The lowest BCUT2D eigenvalue weighted by atomic mass is 10.1. The van der Waals surface area contributed by atoms with Gasteiger partial charge >= 0.3 is 5.97 Å². The van der Waals surface area contributed by atoms with Crippen LogP contribution in [0.3, 0.4) is 0 Å². The smallest absolute Gasteiger partial charge is 0.355 e. The summed E-state index contributed by atoms with van der Waals surface area (Å²) in [5.41, 5.74) is 2.14. The number of aryl methyl sites for hydroxylation is 1. The number of hydrogen-bond donors (Lipinski definition) is 1. The first kappa shape index (κ1) is 10.8. The number of H-pyrrole nitrogens is 1. The van der Waals surface area contributed by atoms with Crippen LogP contribution in [0.2, 0.25) is 0 Å². The molecule has 0 unspecified atom stereocenters. The molecule has 0 saturated carbocycles. The second-order valence-corrected chi connectivity index (χ2v) is 4.47. The summed E-state index contributed by atoms with van der Waals surface area (Å²) in [4.78, 5) is 14.6. The Hall–Kier alpha value is -1.25. The molecule has 3 heteroatoms. The number of carbonyl (C=O) groups excluding carboxylic acids is 1. The van der Waals surface area contributed by atoms with E-state index < -0.39 is 5.60 Å². The molecule has 1 rings (SSSR count). The van der Waals surface area contributed by atoms with E-state index in [-0.39, 0.29) is 5.97 Å². The van der Waals surface area contributed by atoms with Crippen molar-refractivity contribution in [2.24, 2.45) is 0 Å². The lowest BCUT2D eigenvalue weighted by Crippen LogP contribution is -2.24. The fourth-order valence-electron chi connectivity index (χ4n) is 1.14. The van der Waals surface area contributed by atoms with Crippen LogP contribution in [0.1, 0.15) is 42.4 Å². The lowest BCUT2D eigenvalue weighted by Gasteiger charge is -2.19. The third-order valence-electron chi connectivity index (χ3n) is 2.00. The van der Waals surface area contributed by atoms with Crippen molar-refractivity contribution in [3.8, 4) is 0 Å². The third-order valence-corrected chi connectivity index (χ3v) is 2.00. The number of nitrogens with one attached hydrogen (secondary N) is 1. The van der Waals surface area contributed by atoms with Crippen molar-refractivity contribution in [1.82, 2.24) is 4.98 Å². The summed E-state index contributed by atoms with van der Waals surface area (Å²) in [5.74, 6) is -0.289. The molecule has 0 aromatic carbocycles. The molecule has 0 atom stereocenters. The molecule has 3 nitrogen and oxygen atoms in total. The SMILES string of the molecule is Cc1c[nH]c(C(=O)OC(C)(C)C)c1C. The highest BCUT2D eigenvalue weighted by Crippen LogP contribution is 2.16. The molecule has 0 radical (unpaired) electrons. The number of hydrogen-bond acceptors (Lipinski definition) is 2. The first-order valence-electron chi connectivity index (χ1n) is 4.69. The molecule has 1 aromatic rings. The number of aromatic nitrogens is 1. The van der Waals surface area contributed by atoms with E-state index in [0.717, 1.165) is 11.1 Å². The van der Waals surface area contributed by atoms with E-state index in [1.165, 1.54) is 0 Å². The maximum Gasteiger partial charge on any atom is 0.355 e. The van der Waals surface area contributed by atoms with Gasteiger partial charge in [-0.15, -0.1) is 0 Å².